The molecule has 5 heteroatoms. The maximum absolute atomic E-state index is 12.1. The van der Waals surface area contributed by atoms with Crippen molar-refractivity contribution < 1.29 is 4.79 Å². The monoisotopic (exact) mass is 268 g/mol. The Balaban J connectivity index is 2.96. The molecule has 1 aromatic carbocycles. The molecule has 0 aliphatic rings. The van der Waals surface area contributed by atoms with Crippen LogP contribution >= 0.6 is 24.2 Å². The number of carbonyl (C=O) groups is 1. The van der Waals surface area contributed by atoms with Crippen LogP contribution < -0.4 is 0 Å². The van der Waals surface area contributed by atoms with E-state index in [9.17, 15) is 4.79 Å². The Hall–Kier alpha value is -1.18. The second kappa shape index (κ2) is 5.95. The van der Waals surface area contributed by atoms with Gasteiger partial charge in [-0.2, -0.15) is 5.26 Å². The number of thiol groups is 1. The highest BCUT2D eigenvalue weighted by Crippen LogP contribution is 2.21. The predicted octanol–water partition coefficient (Wildman–Crippen LogP) is 3.00. The highest BCUT2D eigenvalue weighted by atomic mass is 35.5. The van der Waals surface area contributed by atoms with E-state index in [-0.39, 0.29) is 11.9 Å². The van der Waals surface area contributed by atoms with Gasteiger partial charge < -0.3 is 4.90 Å². The first-order chi connectivity index (χ1) is 7.97. The van der Waals surface area contributed by atoms with Gasteiger partial charge >= 0.3 is 0 Å². The molecule has 3 nitrogen and oxygen atoms in total. The van der Waals surface area contributed by atoms with Crippen LogP contribution in [0.15, 0.2) is 23.1 Å². The van der Waals surface area contributed by atoms with Gasteiger partial charge in [-0.3, -0.25) is 4.79 Å². The van der Waals surface area contributed by atoms with Crippen molar-refractivity contribution in [2.75, 3.05) is 7.05 Å². The van der Waals surface area contributed by atoms with Crippen molar-refractivity contribution in [1.82, 2.24) is 4.90 Å². The van der Waals surface area contributed by atoms with Gasteiger partial charge in [0.25, 0.3) is 5.91 Å². The number of nitrogens with zero attached hydrogens (tertiary/aromatic N) is 2. The van der Waals surface area contributed by atoms with E-state index >= 15 is 0 Å². The van der Waals surface area contributed by atoms with E-state index in [0.29, 0.717) is 21.9 Å². The molecule has 0 radical (unpaired) electrons. The first kappa shape index (κ1) is 13.9. The van der Waals surface area contributed by atoms with Crippen LogP contribution in [0.3, 0.4) is 0 Å². The first-order valence-corrected chi connectivity index (χ1v) is 5.92. The van der Waals surface area contributed by atoms with Gasteiger partial charge in [-0.15, -0.1) is 12.6 Å². The van der Waals surface area contributed by atoms with Gasteiger partial charge in [0.1, 0.15) is 0 Å². The van der Waals surface area contributed by atoms with Crippen molar-refractivity contribution in [3.05, 3.63) is 28.8 Å². The topological polar surface area (TPSA) is 44.1 Å². The van der Waals surface area contributed by atoms with Crippen LogP contribution in [0.25, 0.3) is 0 Å². The molecule has 17 heavy (non-hydrogen) atoms. The van der Waals surface area contributed by atoms with Gasteiger partial charge in [-0.1, -0.05) is 11.6 Å². The van der Waals surface area contributed by atoms with E-state index in [4.69, 9.17) is 16.9 Å². The number of carbonyl (C=O) groups excluding carboxylic acids is 1. The van der Waals surface area contributed by atoms with Gasteiger partial charge in [0.2, 0.25) is 0 Å². The lowest BCUT2D eigenvalue weighted by atomic mass is 10.1. The normalized spacial score (nSPS) is 11.7. The van der Waals surface area contributed by atoms with E-state index in [1.807, 2.05) is 13.0 Å². The summed E-state index contributed by atoms with van der Waals surface area (Å²) in [5.41, 5.74) is 0.409. The zero-order chi connectivity index (χ0) is 13.0. The predicted molar refractivity (Wildman–Crippen MR) is 70.5 cm³/mol. The fraction of sp³-hybridized carbons (Fsp3) is 0.333. The Morgan fingerprint density at radius 3 is 2.88 bits per heavy atom. The van der Waals surface area contributed by atoms with Crippen LogP contribution in [-0.4, -0.2) is 23.9 Å². The van der Waals surface area contributed by atoms with Crippen molar-refractivity contribution in [1.29, 1.82) is 5.26 Å². The molecular weight excluding hydrogens is 256 g/mol. The first-order valence-electron chi connectivity index (χ1n) is 5.10. The van der Waals surface area contributed by atoms with Crippen molar-refractivity contribution in [3.8, 4) is 6.07 Å². The SMILES string of the molecule is CC(CC#N)N(C)C(=O)c1cc(S)ccc1Cl. The van der Waals surface area contributed by atoms with Gasteiger partial charge in [0.05, 0.1) is 23.1 Å². The lowest BCUT2D eigenvalue weighted by Gasteiger charge is -2.23. The zero-order valence-corrected chi connectivity index (χ0v) is 11.3. The lowest BCUT2D eigenvalue weighted by Crippen LogP contribution is -2.35. The molecule has 0 aliphatic carbocycles. The Bertz CT molecular complexity index is 470. The second-order valence-electron chi connectivity index (χ2n) is 3.79. The molecule has 90 valence electrons. The molecule has 1 rings (SSSR count). The smallest absolute Gasteiger partial charge is 0.255 e. The molecule has 0 fully saturated rings. The molecule has 1 aromatic rings. The van der Waals surface area contributed by atoms with Gasteiger partial charge in [0.15, 0.2) is 0 Å². The number of amides is 1. The summed E-state index contributed by atoms with van der Waals surface area (Å²) in [6, 6.07) is 6.88. The molecule has 1 amide bonds. The minimum absolute atomic E-state index is 0.146. The third kappa shape index (κ3) is 3.39. The third-order valence-corrected chi connectivity index (χ3v) is 3.16. The Labute approximate surface area is 111 Å². The van der Waals surface area contributed by atoms with Gasteiger partial charge in [-0.05, 0) is 25.1 Å². The number of hydrogen-bond donors (Lipinski definition) is 1. The lowest BCUT2D eigenvalue weighted by molar-refractivity contribution is 0.0746. The van der Waals surface area contributed by atoms with Crippen LogP contribution in [0.2, 0.25) is 5.02 Å². The highest BCUT2D eigenvalue weighted by Gasteiger charge is 2.19. The van der Waals surface area contributed by atoms with Crippen LogP contribution in [0.4, 0.5) is 0 Å². The Morgan fingerprint density at radius 1 is 1.65 bits per heavy atom. The number of halogens is 1. The van der Waals surface area contributed by atoms with E-state index in [1.54, 1.807) is 25.2 Å². The van der Waals surface area contributed by atoms with Crippen molar-refractivity contribution in [3.63, 3.8) is 0 Å². The largest absolute Gasteiger partial charge is 0.338 e. The maximum atomic E-state index is 12.1. The fourth-order valence-electron chi connectivity index (χ4n) is 1.34. The Morgan fingerprint density at radius 2 is 2.29 bits per heavy atom. The van der Waals surface area contributed by atoms with E-state index < -0.39 is 0 Å². The van der Waals surface area contributed by atoms with Crippen LogP contribution in [0.5, 0.6) is 0 Å². The molecule has 1 atom stereocenters. The number of hydrogen-bond acceptors (Lipinski definition) is 3. The summed E-state index contributed by atoms with van der Waals surface area (Å²) in [5.74, 6) is -0.200. The molecule has 0 aromatic heterocycles. The average Bonchev–Trinajstić information content (AvgIpc) is 2.30. The van der Waals surface area contributed by atoms with Crippen molar-refractivity contribution >= 4 is 30.1 Å². The van der Waals surface area contributed by atoms with Crippen LogP contribution in [0, 0.1) is 11.3 Å². The molecule has 0 aliphatic heterocycles. The number of benzene rings is 1. The minimum Gasteiger partial charge on any atom is -0.338 e. The third-order valence-electron chi connectivity index (χ3n) is 2.55. The molecule has 1 unspecified atom stereocenters. The zero-order valence-electron chi connectivity index (χ0n) is 9.64. The summed E-state index contributed by atoms with van der Waals surface area (Å²) in [5, 5.41) is 9.00. The highest BCUT2D eigenvalue weighted by molar-refractivity contribution is 7.80. The summed E-state index contributed by atoms with van der Waals surface area (Å²) >= 11 is 10.1. The molecule has 0 saturated carbocycles. The fourth-order valence-corrected chi connectivity index (χ4v) is 1.74. The van der Waals surface area contributed by atoms with E-state index in [0.717, 1.165) is 0 Å². The number of nitriles is 1. The molecule has 0 saturated heterocycles. The average molecular weight is 269 g/mol. The summed E-state index contributed by atoms with van der Waals surface area (Å²) < 4.78 is 0. The molecule has 0 N–H and O–H groups in total. The van der Waals surface area contributed by atoms with E-state index in [2.05, 4.69) is 12.6 Å². The summed E-state index contributed by atoms with van der Waals surface area (Å²) in [6.07, 6.45) is 0.292. The Kier molecular flexibility index (Phi) is 4.86. The molecule has 0 bridgehead atoms. The molecular formula is C12H13ClN2OS. The summed E-state index contributed by atoms with van der Waals surface area (Å²) in [7, 11) is 1.66. The summed E-state index contributed by atoms with van der Waals surface area (Å²) in [6.45, 7) is 1.82. The van der Waals surface area contributed by atoms with Crippen LogP contribution in [-0.2, 0) is 0 Å². The van der Waals surface area contributed by atoms with E-state index in [1.165, 1.54) is 4.90 Å². The number of rotatable bonds is 3. The standard InChI is InChI=1S/C12H13ClN2OS/c1-8(5-6-14)15(2)12(16)10-7-9(17)3-4-11(10)13/h3-4,7-8,17H,5H2,1-2H3. The molecule has 0 spiro atoms. The quantitative estimate of drug-likeness (QED) is 0.857. The van der Waals surface area contributed by atoms with Crippen LogP contribution in [0.1, 0.15) is 23.7 Å². The minimum atomic E-state index is -0.200. The second-order valence-corrected chi connectivity index (χ2v) is 4.72. The molecule has 0 heterocycles. The van der Waals surface area contributed by atoms with Gasteiger partial charge in [-0.25, -0.2) is 0 Å². The maximum Gasteiger partial charge on any atom is 0.255 e. The van der Waals surface area contributed by atoms with Crippen molar-refractivity contribution in [2.24, 2.45) is 0 Å². The van der Waals surface area contributed by atoms with Crippen molar-refractivity contribution in [2.45, 2.75) is 24.3 Å². The summed E-state index contributed by atoms with van der Waals surface area (Å²) in [4.78, 5) is 14.3. The van der Waals surface area contributed by atoms with Gasteiger partial charge in [0, 0.05) is 18.0 Å².